The van der Waals surface area contributed by atoms with Gasteiger partial charge in [-0.1, -0.05) is 11.6 Å². The fourth-order valence-electron chi connectivity index (χ4n) is 2.22. The second-order valence-electron chi connectivity index (χ2n) is 4.64. The van der Waals surface area contributed by atoms with Gasteiger partial charge in [-0.2, -0.15) is 0 Å². The molecule has 0 saturated carbocycles. The SMILES string of the molecule is CCN=C1S/C(=C\c2cc3c(cc2Cl)OCO3)C(=O)N1CC. The van der Waals surface area contributed by atoms with Gasteiger partial charge >= 0.3 is 0 Å². The number of fused-ring (bicyclic) bond motifs is 1. The number of nitrogens with zero attached hydrogens (tertiary/aromatic N) is 2. The Morgan fingerprint density at radius 2 is 2.09 bits per heavy atom. The predicted molar refractivity (Wildman–Crippen MR) is 88.5 cm³/mol. The third kappa shape index (κ3) is 2.68. The number of hydrogen-bond donors (Lipinski definition) is 0. The summed E-state index contributed by atoms with van der Waals surface area (Å²) in [7, 11) is 0. The maximum absolute atomic E-state index is 12.4. The van der Waals surface area contributed by atoms with Crippen LogP contribution in [0.2, 0.25) is 5.02 Å². The van der Waals surface area contributed by atoms with Crippen molar-refractivity contribution < 1.29 is 14.3 Å². The Kier molecular flexibility index (Phi) is 4.31. The fourth-order valence-corrected chi connectivity index (χ4v) is 3.53. The molecule has 116 valence electrons. The molecule has 0 radical (unpaired) electrons. The fraction of sp³-hybridized carbons (Fsp3) is 0.333. The van der Waals surface area contributed by atoms with Crippen LogP contribution in [0.4, 0.5) is 0 Å². The van der Waals surface area contributed by atoms with E-state index in [0.29, 0.717) is 34.5 Å². The molecule has 0 spiro atoms. The molecule has 1 aromatic carbocycles. The number of rotatable bonds is 3. The first-order valence-corrected chi connectivity index (χ1v) is 8.18. The lowest BCUT2D eigenvalue weighted by molar-refractivity contribution is -0.122. The number of benzene rings is 1. The number of carbonyl (C=O) groups excluding carboxylic acids is 1. The molecule has 5 nitrogen and oxygen atoms in total. The largest absolute Gasteiger partial charge is 0.454 e. The van der Waals surface area contributed by atoms with E-state index in [1.165, 1.54) is 11.8 Å². The number of carbonyl (C=O) groups is 1. The number of ether oxygens (including phenoxy) is 2. The van der Waals surface area contributed by atoms with Crippen LogP contribution < -0.4 is 9.47 Å². The molecule has 22 heavy (non-hydrogen) atoms. The number of likely N-dealkylation sites (N-methyl/N-ethyl adjacent to an activating group) is 1. The van der Waals surface area contributed by atoms with E-state index in [2.05, 4.69) is 4.99 Å². The van der Waals surface area contributed by atoms with Crippen molar-refractivity contribution in [1.82, 2.24) is 4.90 Å². The zero-order valence-electron chi connectivity index (χ0n) is 12.3. The Labute approximate surface area is 137 Å². The Balaban J connectivity index is 1.96. The molecule has 3 rings (SSSR count). The van der Waals surface area contributed by atoms with Crippen LogP contribution in [0, 0.1) is 0 Å². The van der Waals surface area contributed by atoms with Crippen LogP contribution >= 0.6 is 23.4 Å². The van der Waals surface area contributed by atoms with E-state index in [4.69, 9.17) is 21.1 Å². The van der Waals surface area contributed by atoms with Crippen LogP contribution in [-0.2, 0) is 4.79 Å². The Morgan fingerprint density at radius 1 is 1.36 bits per heavy atom. The van der Waals surface area contributed by atoms with Crippen LogP contribution in [0.3, 0.4) is 0 Å². The molecule has 2 aliphatic heterocycles. The van der Waals surface area contributed by atoms with Gasteiger partial charge in [0.15, 0.2) is 16.7 Å². The molecule has 1 fully saturated rings. The second kappa shape index (κ2) is 6.22. The molecule has 7 heteroatoms. The van der Waals surface area contributed by atoms with Crippen LogP contribution in [-0.4, -0.2) is 35.9 Å². The van der Waals surface area contributed by atoms with Crippen molar-refractivity contribution in [2.75, 3.05) is 19.9 Å². The van der Waals surface area contributed by atoms with Crippen molar-refractivity contribution in [2.24, 2.45) is 4.99 Å². The summed E-state index contributed by atoms with van der Waals surface area (Å²) in [6.45, 7) is 5.31. The van der Waals surface area contributed by atoms with Crippen molar-refractivity contribution >= 4 is 40.5 Å². The van der Waals surface area contributed by atoms with Gasteiger partial charge in [-0.25, -0.2) is 0 Å². The summed E-state index contributed by atoms with van der Waals surface area (Å²) < 4.78 is 10.6. The van der Waals surface area contributed by atoms with E-state index in [0.717, 1.165) is 10.7 Å². The molecule has 0 N–H and O–H groups in total. The van der Waals surface area contributed by atoms with E-state index in [9.17, 15) is 4.79 Å². The molecule has 1 saturated heterocycles. The molecular formula is C15H15ClN2O3S. The summed E-state index contributed by atoms with van der Waals surface area (Å²) in [4.78, 5) is 19.1. The van der Waals surface area contributed by atoms with Crippen molar-refractivity contribution in [3.8, 4) is 11.5 Å². The van der Waals surface area contributed by atoms with E-state index in [1.807, 2.05) is 13.8 Å². The van der Waals surface area contributed by atoms with Gasteiger partial charge in [0.2, 0.25) is 6.79 Å². The summed E-state index contributed by atoms with van der Waals surface area (Å²) in [6.07, 6.45) is 1.78. The summed E-state index contributed by atoms with van der Waals surface area (Å²) >= 11 is 7.63. The molecule has 0 atom stereocenters. The lowest BCUT2D eigenvalue weighted by Crippen LogP contribution is -2.28. The van der Waals surface area contributed by atoms with Crippen molar-refractivity contribution in [3.05, 3.63) is 27.6 Å². The van der Waals surface area contributed by atoms with Crippen LogP contribution in [0.25, 0.3) is 6.08 Å². The Morgan fingerprint density at radius 3 is 2.77 bits per heavy atom. The van der Waals surface area contributed by atoms with Gasteiger partial charge in [-0.05, 0) is 43.3 Å². The lowest BCUT2D eigenvalue weighted by atomic mass is 10.2. The molecule has 2 aliphatic rings. The highest BCUT2D eigenvalue weighted by molar-refractivity contribution is 8.18. The van der Waals surface area contributed by atoms with E-state index >= 15 is 0 Å². The molecule has 0 unspecified atom stereocenters. The standard InChI is InChI=1S/C15H15ClN2O3S/c1-3-17-15-18(4-2)14(19)13(22-15)6-9-5-11-12(7-10(9)16)21-8-20-11/h5-7H,3-4,8H2,1-2H3/b13-6-,17-15?. The van der Waals surface area contributed by atoms with Gasteiger partial charge in [0, 0.05) is 19.2 Å². The summed E-state index contributed by atoms with van der Waals surface area (Å²) in [6, 6.07) is 3.50. The maximum Gasteiger partial charge on any atom is 0.266 e. The van der Waals surface area contributed by atoms with Gasteiger partial charge < -0.3 is 9.47 Å². The molecule has 2 heterocycles. The van der Waals surface area contributed by atoms with Crippen LogP contribution in [0.1, 0.15) is 19.4 Å². The van der Waals surface area contributed by atoms with Crippen molar-refractivity contribution in [3.63, 3.8) is 0 Å². The highest BCUT2D eigenvalue weighted by Gasteiger charge is 2.32. The topological polar surface area (TPSA) is 51.1 Å². The third-order valence-electron chi connectivity index (χ3n) is 3.28. The van der Waals surface area contributed by atoms with Gasteiger partial charge in [0.1, 0.15) is 0 Å². The molecule has 0 aromatic heterocycles. The van der Waals surface area contributed by atoms with E-state index in [-0.39, 0.29) is 12.7 Å². The zero-order valence-corrected chi connectivity index (χ0v) is 13.8. The summed E-state index contributed by atoms with van der Waals surface area (Å²) in [5, 5.41) is 1.26. The highest BCUT2D eigenvalue weighted by Crippen LogP contribution is 2.39. The van der Waals surface area contributed by atoms with Crippen molar-refractivity contribution in [1.29, 1.82) is 0 Å². The predicted octanol–water partition coefficient (Wildman–Crippen LogP) is 3.38. The van der Waals surface area contributed by atoms with Gasteiger partial charge in [0.05, 0.1) is 9.93 Å². The van der Waals surface area contributed by atoms with Gasteiger partial charge in [0.25, 0.3) is 5.91 Å². The first-order chi connectivity index (χ1) is 10.6. The number of hydrogen-bond acceptors (Lipinski definition) is 5. The average Bonchev–Trinajstić information content (AvgIpc) is 3.05. The minimum absolute atomic E-state index is 0.0477. The first kappa shape index (κ1) is 15.2. The number of amidine groups is 1. The molecule has 0 aliphatic carbocycles. The molecule has 1 aromatic rings. The normalized spacial score (nSPS) is 20.5. The minimum Gasteiger partial charge on any atom is -0.454 e. The number of aliphatic imine (C=N–C) groups is 1. The summed E-state index contributed by atoms with van der Waals surface area (Å²) in [5.41, 5.74) is 0.732. The maximum atomic E-state index is 12.4. The quantitative estimate of drug-likeness (QED) is 0.793. The van der Waals surface area contributed by atoms with Crippen molar-refractivity contribution in [2.45, 2.75) is 13.8 Å². The number of thioether (sulfide) groups is 1. The molecule has 0 bridgehead atoms. The first-order valence-electron chi connectivity index (χ1n) is 6.99. The number of amides is 1. The van der Waals surface area contributed by atoms with Crippen LogP contribution in [0.15, 0.2) is 22.0 Å². The Hall–Kier alpha value is -1.66. The van der Waals surface area contributed by atoms with Gasteiger partial charge in [-0.3, -0.25) is 14.7 Å². The lowest BCUT2D eigenvalue weighted by Gasteiger charge is -2.11. The van der Waals surface area contributed by atoms with E-state index < -0.39 is 0 Å². The highest BCUT2D eigenvalue weighted by atomic mass is 35.5. The average molecular weight is 339 g/mol. The Bertz CT molecular complexity index is 688. The smallest absolute Gasteiger partial charge is 0.266 e. The zero-order chi connectivity index (χ0) is 15.7. The minimum atomic E-state index is -0.0477. The molecule has 1 amide bonds. The number of halogens is 1. The summed E-state index contributed by atoms with van der Waals surface area (Å²) in [5.74, 6) is 1.22. The second-order valence-corrected chi connectivity index (χ2v) is 6.06. The monoisotopic (exact) mass is 338 g/mol. The molecular weight excluding hydrogens is 324 g/mol. The van der Waals surface area contributed by atoms with E-state index in [1.54, 1.807) is 23.1 Å². The van der Waals surface area contributed by atoms with Gasteiger partial charge in [-0.15, -0.1) is 0 Å². The van der Waals surface area contributed by atoms with Crippen LogP contribution in [0.5, 0.6) is 11.5 Å². The third-order valence-corrected chi connectivity index (χ3v) is 4.65.